The number of hydrogen-bond acceptors (Lipinski definition) is 2. The monoisotopic (exact) mass is 185 g/mol. The van der Waals surface area contributed by atoms with Gasteiger partial charge in [-0.3, -0.25) is 4.79 Å². The average molecular weight is 185 g/mol. The Kier molecular flexibility index (Phi) is 4.02. The van der Waals surface area contributed by atoms with Gasteiger partial charge >= 0.3 is 12.1 Å². The van der Waals surface area contributed by atoms with E-state index in [4.69, 9.17) is 10.8 Å². The number of carbonyl (C=O) groups is 1. The van der Waals surface area contributed by atoms with E-state index >= 15 is 0 Å². The van der Waals surface area contributed by atoms with Gasteiger partial charge in [0.25, 0.3) is 0 Å². The fourth-order valence-electron chi connectivity index (χ4n) is 0.708. The number of aliphatic carboxylic acids is 1. The highest BCUT2D eigenvalue weighted by Crippen LogP contribution is 2.22. The molecule has 0 aromatic rings. The van der Waals surface area contributed by atoms with Gasteiger partial charge in [0.15, 0.2) is 0 Å². The number of alkyl halides is 3. The Morgan fingerprint density at radius 3 is 2.33 bits per heavy atom. The minimum absolute atomic E-state index is 0.144. The van der Waals surface area contributed by atoms with E-state index in [1.54, 1.807) is 0 Å². The second-order valence-electron chi connectivity index (χ2n) is 2.51. The second-order valence-corrected chi connectivity index (χ2v) is 2.51. The van der Waals surface area contributed by atoms with Crippen molar-refractivity contribution in [3.8, 4) is 0 Å². The van der Waals surface area contributed by atoms with Gasteiger partial charge in [-0.1, -0.05) is 0 Å². The Labute approximate surface area is 67.4 Å². The normalized spacial score (nSPS) is 14.3. The van der Waals surface area contributed by atoms with E-state index in [9.17, 15) is 18.0 Å². The Bertz CT molecular complexity index is 157. The topological polar surface area (TPSA) is 63.3 Å². The van der Waals surface area contributed by atoms with E-state index in [0.717, 1.165) is 0 Å². The van der Waals surface area contributed by atoms with Crippen LogP contribution in [0.1, 0.15) is 19.3 Å². The summed E-state index contributed by atoms with van der Waals surface area (Å²) < 4.78 is 34.8. The first-order chi connectivity index (χ1) is 5.31. The number of rotatable bonds is 4. The highest BCUT2D eigenvalue weighted by Gasteiger charge is 2.30. The molecule has 12 heavy (non-hydrogen) atoms. The summed E-state index contributed by atoms with van der Waals surface area (Å²) in [5, 5.41) is 8.12. The third-order valence-corrected chi connectivity index (χ3v) is 1.22. The zero-order valence-corrected chi connectivity index (χ0v) is 6.27. The first kappa shape index (κ1) is 11.2. The third kappa shape index (κ3) is 7.33. The van der Waals surface area contributed by atoms with Crippen LogP contribution in [0.4, 0.5) is 13.2 Å². The van der Waals surface area contributed by atoms with Crippen molar-refractivity contribution in [1.82, 2.24) is 0 Å². The lowest BCUT2D eigenvalue weighted by Crippen LogP contribution is -2.28. The second kappa shape index (κ2) is 4.30. The van der Waals surface area contributed by atoms with Crippen molar-refractivity contribution < 1.29 is 23.1 Å². The number of carboxylic acid groups (broad SMARTS) is 1. The molecule has 0 aliphatic rings. The smallest absolute Gasteiger partial charge is 0.390 e. The van der Waals surface area contributed by atoms with Crippen molar-refractivity contribution in [2.75, 3.05) is 0 Å². The summed E-state index contributed by atoms with van der Waals surface area (Å²) in [5.41, 5.74) is 5.02. The summed E-state index contributed by atoms with van der Waals surface area (Å²) >= 11 is 0. The maximum atomic E-state index is 11.6. The SMILES string of the molecule is NC(CCC(=O)O)CC(F)(F)F. The van der Waals surface area contributed by atoms with Crippen LogP contribution in [0, 0.1) is 0 Å². The molecule has 0 amide bonds. The van der Waals surface area contributed by atoms with Gasteiger partial charge in [0, 0.05) is 12.5 Å². The van der Waals surface area contributed by atoms with Crippen molar-refractivity contribution in [3.05, 3.63) is 0 Å². The van der Waals surface area contributed by atoms with Gasteiger partial charge in [0.1, 0.15) is 0 Å². The minimum Gasteiger partial charge on any atom is -0.481 e. The molecule has 0 spiro atoms. The summed E-state index contributed by atoms with van der Waals surface area (Å²) in [6.45, 7) is 0. The average Bonchev–Trinajstić information content (AvgIpc) is 1.79. The highest BCUT2D eigenvalue weighted by atomic mass is 19.4. The van der Waals surface area contributed by atoms with Gasteiger partial charge in [0.2, 0.25) is 0 Å². The Balaban J connectivity index is 3.60. The van der Waals surface area contributed by atoms with Crippen molar-refractivity contribution in [1.29, 1.82) is 0 Å². The first-order valence-electron chi connectivity index (χ1n) is 3.35. The summed E-state index contributed by atoms with van der Waals surface area (Å²) in [4.78, 5) is 9.93. The fraction of sp³-hybridized carbons (Fsp3) is 0.833. The van der Waals surface area contributed by atoms with Crippen molar-refractivity contribution in [2.45, 2.75) is 31.5 Å². The van der Waals surface area contributed by atoms with Gasteiger partial charge in [0.05, 0.1) is 6.42 Å². The van der Waals surface area contributed by atoms with E-state index < -0.39 is 24.6 Å². The lowest BCUT2D eigenvalue weighted by Gasteiger charge is -2.12. The van der Waals surface area contributed by atoms with Gasteiger partial charge in [-0.05, 0) is 6.42 Å². The molecule has 0 saturated heterocycles. The van der Waals surface area contributed by atoms with Crippen molar-refractivity contribution >= 4 is 5.97 Å². The molecule has 72 valence electrons. The van der Waals surface area contributed by atoms with Crippen LogP contribution in [0.3, 0.4) is 0 Å². The zero-order chi connectivity index (χ0) is 9.78. The van der Waals surface area contributed by atoms with Gasteiger partial charge in [-0.25, -0.2) is 0 Å². The molecule has 1 atom stereocenters. The fourth-order valence-corrected chi connectivity index (χ4v) is 0.708. The largest absolute Gasteiger partial charge is 0.481 e. The van der Waals surface area contributed by atoms with E-state index in [-0.39, 0.29) is 12.8 Å². The number of halogens is 3. The number of nitrogens with two attached hydrogens (primary N) is 1. The summed E-state index contributed by atoms with van der Waals surface area (Å²) in [7, 11) is 0. The third-order valence-electron chi connectivity index (χ3n) is 1.22. The van der Waals surface area contributed by atoms with Crippen LogP contribution < -0.4 is 5.73 Å². The Hall–Kier alpha value is -0.780. The predicted octanol–water partition coefficient (Wildman–Crippen LogP) is 1.13. The quantitative estimate of drug-likeness (QED) is 0.690. The van der Waals surface area contributed by atoms with Gasteiger partial charge in [-0.15, -0.1) is 0 Å². The molecular formula is C6H10F3NO2. The Morgan fingerprint density at radius 2 is 2.00 bits per heavy atom. The molecule has 1 unspecified atom stereocenters. The zero-order valence-electron chi connectivity index (χ0n) is 6.27. The molecule has 0 heterocycles. The molecule has 0 aliphatic heterocycles. The lowest BCUT2D eigenvalue weighted by atomic mass is 10.1. The minimum atomic E-state index is -4.31. The van der Waals surface area contributed by atoms with Crippen molar-refractivity contribution in [3.63, 3.8) is 0 Å². The maximum Gasteiger partial charge on any atom is 0.390 e. The maximum absolute atomic E-state index is 11.6. The summed E-state index contributed by atoms with van der Waals surface area (Å²) in [6, 6.07) is -1.11. The van der Waals surface area contributed by atoms with Crippen LogP contribution in [0.2, 0.25) is 0 Å². The molecule has 0 bridgehead atoms. The van der Waals surface area contributed by atoms with E-state index in [0.29, 0.717) is 0 Å². The van der Waals surface area contributed by atoms with Crippen LogP contribution >= 0.6 is 0 Å². The van der Waals surface area contributed by atoms with E-state index in [1.165, 1.54) is 0 Å². The van der Waals surface area contributed by atoms with E-state index in [1.807, 2.05) is 0 Å². The van der Waals surface area contributed by atoms with E-state index in [2.05, 4.69) is 0 Å². The van der Waals surface area contributed by atoms with Gasteiger partial charge < -0.3 is 10.8 Å². The first-order valence-corrected chi connectivity index (χ1v) is 3.35. The molecule has 0 radical (unpaired) electrons. The highest BCUT2D eigenvalue weighted by molar-refractivity contribution is 5.66. The molecule has 0 aromatic heterocycles. The molecule has 3 nitrogen and oxygen atoms in total. The molecular weight excluding hydrogens is 175 g/mol. The van der Waals surface area contributed by atoms with Crippen LogP contribution in [0.5, 0.6) is 0 Å². The van der Waals surface area contributed by atoms with Crippen LogP contribution in [0.25, 0.3) is 0 Å². The van der Waals surface area contributed by atoms with Crippen LogP contribution in [-0.4, -0.2) is 23.3 Å². The van der Waals surface area contributed by atoms with Crippen LogP contribution in [-0.2, 0) is 4.79 Å². The number of hydrogen-bond donors (Lipinski definition) is 2. The van der Waals surface area contributed by atoms with Gasteiger partial charge in [-0.2, -0.15) is 13.2 Å². The molecule has 0 aromatic carbocycles. The number of carboxylic acids is 1. The molecule has 6 heteroatoms. The predicted molar refractivity (Wildman–Crippen MR) is 35.5 cm³/mol. The molecule has 0 aliphatic carbocycles. The van der Waals surface area contributed by atoms with Crippen molar-refractivity contribution in [2.24, 2.45) is 5.73 Å². The molecule has 0 fully saturated rings. The summed E-state index contributed by atoms with van der Waals surface area (Å²) in [5.74, 6) is -1.13. The molecule has 0 rings (SSSR count). The molecule has 3 N–H and O–H groups in total. The standard InChI is InChI=1S/C6H10F3NO2/c7-6(8,9)3-4(10)1-2-5(11)12/h4H,1-3,10H2,(H,11,12). The lowest BCUT2D eigenvalue weighted by molar-refractivity contribution is -0.142. The Morgan fingerprint density at radius 1 is 1.50 bits per heavy atom. The molecule has 0 saturated carbocycles. The van der Waals surface area contributed by atoms with Crippen LogP contribution in [0.15, 0.2) is 0 Å². The summed E-state index contributed by atoms with van der Waals surface area (Å²) in [6.07, 6.45) is -5.90.